The molecule has 2 aliphatic rings. The van der Waals surface area contributed by atoms with E-state index < -0.39 is 6.10 Å². The first-order chi connectivity index (χ1) is 9.65. The molecule has 0 spiro atoms. The summed E-state index contributed by atoms with van der Waals surface area (Å²) in [5, 5.41) is 11.1. The van der Waals surface area contributed by atoms with E-state index in [1.54, 1.807) is 0 Å². The van der Waals surface area contributed by atoms with Crippen molar-refractivity contribution in [1.29, 1.82) is 0 Å². The third kappa shape index (κ3) is 2.13. The lowest BCUT2D eigenvalue weighted by Crippen LogP contribution is -2.50. The fraction of sp³-hybridized carbons (Fsp3) is 0.647. The Balaban J connectivity index is 1.98. The fourth-order valence-corrected chi connectivity index (χ4v) is 3.87. The standard InChI is InChI=1S/C17H25NO2/c1-18(2)17(10-4-3-5-11-17)16(19)14-8-6-7-13-9-12-20-15(13)14/h6-8,16,19H,3-5,9-12H2,1-2H3. The molecule has 1 atom stereocenters. The first-order valence-corrected chi connectivity index (χ1v) is 7.75. The molecule has 1 fully saturated rings. The predicted octanol–water partition coefficient (Wildman–Crippen LogP) is 2.92. The number of benzene rings is 1. The van der Waals surface area contributed by atoms with E-state index in [9.17, 15) is 5.11 Å². The minimum absolute atomic E-state index is 0.140. The van der Waals surface area contributed by atoms with Crippen LogP contribution in [-0.2, 0) is 6.42 Å². The molecule has 0 aromatic heterocycles. The van der Waals surface area contributed by atoms with Crippen molar-refractivity contribution in [1.82, 2.24) is 4.90 Å². The molecule has 20 heavy (non-hydrogen) atoms. The summed E-state index contributed by atoms with van der Waals surface area (Å²) in [5.41, 5.74) is 2.08. The summed E-state index contributed by atoms with van der Waals surface area (Å²) in [4.78, 5) is 2.23. The number of nitrogens with zero attached hydrogens (tertiary/aromatic N) is 1. The SMILES string of the molecule is CN(C)C1(C(O)c2cccc3c2OCC3)CCCCC1. The zero-order valence-electron chi connectivity index (χ0n) is 12.6. The second kappa shape index (κ2) is 5.38. The molecule has 0 bridgehead atoms. The smallest absolute Gasteiger partial charge is 0.128 e. The van der Waals surface area contributed by atoms with Crippen LogP contribution in [0.4, 0.5) is 0 Å². The third-order valence-corrected chi connectivity index (χ3v) is 5.16. The lowest BCUT2D eigenvalue weighted by Gasteiger charge is -2.46. The van der Waals surface area contributed by atoms with Gasteiger partial charge in [-0.05, 0) is 32.5 Å². The Morgan fingerprint density at radius 3 is 2.65 bits per heavy atom. The maximum absolute atomic E-state index is 11.1. The average Bonchev–Trinajstić information content (AvgIpc) is 2.95. The number of ether oxygens (including phenoxy) is 1. The largest absolute Gasteiger partial charge is 0.493 e. The van der Waals surface area contributed by atoms with E-state index in [0.717, 1.165) is 37.2 Å². The number of aliphatic hydroxyl groups is 1. The lowest BCUT2D eigenvalue weighted by atomic mass is 9.74. The zero-order chi connectivity index (χ0) is 14.2. The summed E-state index contributed by atoms with van der Waals surface area (Å²) in [6, 6.07) is 6.20. The van der Waals surface area contributed by atoms with Crippen molar-refractivity contribution in [3.8, 4) is 5.75 Å². The molecule has 3 nitrogen and oxygen atoms in total. The first kappa shape index (κ1) is 13.9. The molecule has 1 aromatic carbocycles. The molecule has 1 N–H and O–H groups in total. The molecule has 3 rings (SSSR count). The van der Waals surface area contributed by atoms with Crippen molar-refractivity contribution in [2.45, 2.75) is 50.2 Å². The van der Waals surface area contributed by atoms with Gasteiger partial charge in [0.25, 0.3) is 0 Å². The van der Waals surface area contributed by atoms with Crippen molar-refractivity contribution in [3.63, 3.8) is 0 Å². The second-order valence-corrected chi connectivity index (χ2v) is 6.40. The molecule has 3 heteroatoms. The second-order valence-electron chi connectivity index (χ2n) is 6.40. The molecule has 1 saturated carbocycles. The van der Waals surface area contributed by atoms with Crippen LogP contribution in [-0.4, -0.2) is 36.2 Å². The highest BCUT2D eigenvalue weighted by atomic mass is 16.5. The summed E-state index contributed by atoms with van der Waals surface area (Å²) in [5.74, 6) is 0.937. The van der Waals surface area contributed by atoms with E-state index in [4.69, 9.17) is 4.74 Å². The monoisotopic (exact) mass is 275 g/mol. The van der Waals surface area contributed by atoms with E-state index >= 15 is 0 Å². The summed E-state index contributed by atoms with van der Waals surface area (Å²) < 4.78 is 5.79. The van der Waals surface area contributed by atoms with Crippen LogP contribution in [0.1, 0.15) is 49.3 Å². The van der Waals surface area contributed by atoms with Crippen LogP contribution in [0.25, 0.3) is 0 Å². The number of likely N-dealkylation sites (N-methyl/N-ethyl adjacent to an activating group) is 1. The molecular weight excluding hydrogens is 250 g/mol. The van der Waals surface area contributed by atoms with Crippen LogP contribution in [0.15, 0.2) is 18.2 Å². The minimum Gasteiger partial charge on any atom is -0.493 e. The van der Waals surface area contributed by atoms with Gasteiger partial charge < -0.3 is 14.7 Å². The van der Waals surface area contributed by atoms with Crippen LogP contribution in [0.2, 0.25) is 0 Å². The van der Waals surface area contributed by atoms with Crippen molar-refractivity contribution in [2.24, 2.45) is 0 Å². The van der Waals surface area contributed by atoms with Gasteiger partial charge in [-0.2, -0.15) is 0 Å². The molecule has 110 valence electrons. The molecule has 1 heterocycles. The van der Waals surface area contributed by atoms with Crippen molar-refractivity contribution < 1.29 is 9.84 Å². The number of rotatable bonds is 3. The quantitative estimate of drug-likeness (QED) is 0.920. The zero-order valence-corrected chi connectivity index (χ0v) is 12.6. The number of hydrogen-bond donors (Lipinski definition) is 1. The van der Waals surface area contributed by atoms with E-state index in [-0.39, 0.29) is 5.54 Å². The third-order valence-electron chi connectivity index (χ3n) is 5.16. The van der Waals surface area contributed by atoms with Crippen LogP contribution in [0, 0.1) is 0 Å². The fourth-order valence-electron chi connectivity index (χ4n) is 3.87. The van der Waals surface area contributed by atoms with Gasteiger partial charge in [-0.15, -0.1) is 0 Å². The Bertz CT molecular complexity index is 478. The summed E-state index contributed by atoms with van der Waals surface area (Å²) >= 11 is 0. The Hall–Kier alpha value is -1.06. The molecule has 0 radical (unpaired) electrons. The van der Waals surface area contributed by atoms with Crippen LogP contribution >= 0.6 is 0 Å². The molecular formula is C17H25NO2. The number of hydrogen-bond acceptors (Lipinski definition) is 3. The predicted molar refractivity (Wildman–Crippen MR) is 80.1 cm³/mol. The van der Waals surface area contributed by atoms with Gasteiger partial charge in [0.2, 0.25) is 0 Å². The Kier molecular flexibility index (Phi) is 3.74. The van der Waals surface area contributed by atoms with Crippen LogP contribution in [0.5, 0.6) is 5.75 Å². The van der Waals surface area contributed by atoms with Gasteiger partial charge >= 0.3 is 0 Å². The lowest BCUT2D eigenvalue weighted by molar-refractivity contribution is -0.0345. The topological polar surface area (TPSA) is 32.7 Å². The summed E-state index contributed by atoms with van der Waals surface area (Å²) in [7, 11) is 4.19. The normalized spacial score (nSPS) is 22.4. The molecule has 0 saturated heterocycles. The molecule has 1 unspecified atom stereocenters. The Morgan fingerprint density at radius 1 is 1.20 bits per heavy atom. The van der Waals surface area contributed by atoms with E-state index in [1.807, 2.05) is 6.07 Å². The van der Waals surface area contributed by atoms with Gasteiger partial charge in [0, 0.05) is 12.0 Å². The Morgan fingerprint density at radius 2 is 1.95 bits per heavy atom. The van der Waals surface area contributed by atoms with Crippen molar-refractivity contribution in [2.75, 3.05) is 20.7 Å². The Labute approximate surface area is 121 Å². The maximum Gasteiger partial charge on any atom is 0.128 e. The molecule has 1 aliphatic heterocycles. The average molecular weight is 275 g/mol. The van der Waals surface area contributed by atoms with Crippen molar-refractivity contribution in [3.05, 3.63) is 29.3 Å². The molecule has 1 aromatic rings. The van der Waals surface area contributed by atoms with Gasteiger partial charge in [0.05, 0.1) is 12.1 Å². The van der Waals surface area contributed by atoms with Gasteiger partial charge in [0.1, 0.15) is 11.9 Å². The van der Waals surface area contributed by atoms with Gasteiger partial charge in [0.15, 0.2) is 0 Å². The number of aliphatic hydroxyl groups excluding tert-OH is 1. The highest BCUT2D eigenvalue weighted by Crippen LogP contribution is 2.45. The van der Waals surface area contributed by atoms with E-state index in [2.05, 4.69) is 31.1 Å². The highest BCUT2D eigenvalue weighted by Gasteiger charge is 2.43. The summed E-state index contributed by atoms with van der Waals surface area (Å²) in [6.45, 7) is 0.744. The minimum atomic E-state index is -0.467. The van der Waals surface area contributed by atoms with Gasteiger partial charge in [-0.1, -0.05) is 37.5 Å². The van der Waals surface area contributed by atoms with Crippen molar-refractivity contribution >= 4 is 0 Å². The van der Waals surface area contributed by atoms with Crippen LogP contribution < -0.4 is 4.74 Å². The summed E-state index contributed by atoms with van der Waals surface area (Å²) in [6.07, 6.45) is 6.30. The maximum atomic E-state index is 11.1. The highest BCUT2D eigenvalue weighted by molar-refractivity contribution is 5.46. The van der Waals surface area contributed by atoms with Gasteiger partial charge in [-0.3, -0.25) is 0 Å². The first-order valence-electron chi connectivity index (χ1n) is 7.75. The number of fused-ring (bicyclic) bond motifs is 1. The molecule has 0 amide bonds. The van der Waals surface area contributed by atoms with Crippen LogP contribution in [0.3, 0.4) is 0 Å². The molecule has 1 aliphatic carbocycles. The van der Waals surface area contributed by atoms with E-state index in [1.165, 1.54) is 24.8 Å². The van der Waals surface area contributed by atoms with Gasteiger partial charge in [-0.25, -0.2) is 0 Å². The van der Waals surface area contributed by atoms with E-state index in [0.29, 0.717) is 0 Å². The number of para-hydroxylation sites is 1.